The first-order chi connectivity index (χ1) is 11.2. The van der Waals surface area contributed by atoms with Gasteiger partial charge in [0, 0.05) is 24.7 Å². The summed E-state index contributed by atoms with van der Waals surface area (Å²) in [5, 5.41) is 0. The summed E-state index contributed by atoms with van der Waals surface area (Å²) in [7, 11) is 2.28. The number of likely N-dealkylation sites (N-methyl/N-ethyl adjacent to an activating group) is 1. The highest BCUT2D eigenvalue weighted by Gasteiger charge is 2.37. The van der Waals surface area contributed by atoms with Gasteiger partial charge in [-0.25, -0.2) is 0 Å². The Morgan fingerprint density at radius 3 is 2.65 bits per heavy atom. The van der Waals surface area contributed by atoms with Crippen molar-refractivity contribution in [2.75, 3.05) is 11.9 Å². The molecule has 2 unspecified atom stereocenters. The molecule has 118 valence electrons. The number of fused-ring (bicyclic) bond motifs is 3. The average molecular weight is 303 g/mol. The van der Waals surface area contributed by atoms with Crippen molar-refractivity contribution in [3.8, 4) is 0 Å². The second-order valence-electron chi connectivity index (χ2n) is 7.08. The number of nitrogens with zero attached hydrogens (tertiary/aromatic N) is 1. The molecule has 1 nitrogen and oxygen atoms in total. The second kappa shape index (κ2) is 5.88. The van der Waals surface area contributed by atoms with E-state index in [0.717, 1.165) is 12.0 Å². The van der Waals surface area contributed by atoms with Crippen LogP contribution in [0.2, 0.25) is 0 Å². The van der Waals surface area contributed by atoms with E-state index in [0.29, 0.717) is 0 Å². The predicted octanol–water partition coefficient (Wildman–Crippen LogP) is 5.72. The lowest BCUT2D eigenvalue weighted by atomic mass is 9.82. The van der Waals surface area contributed by atoms with Crippen LogP contribution in [0.1, 0.15) is 55.2 Å². The van der Waals surface area contributed by atoms with Gasteiger partial charge in [-0.3, -0.25) is 0 Å². The van der Waals surface area contributed by atoms with Gasteiger partial charge in [-0.2, -0.15) is 0 Å². The van der Waals surface area contributed by atoms with Gasteiger partial charge >= 0.3 is 0 Å². The first kappa shape index (κ1) is 14.6. The van der Waals surface area contributed by atoms with Crippen LogP contribution in [-0.4, -0.2) is 13.1 Å². The third-order valence-electron chi connectivity index (χ3n) is 5.67. The number of benzene rings is 2. The van der Waals surface area contributed by atoms with E-state index >= 15 is 0 Å². The molecular weight excluding hydrogens is 278 g/mol. The zero-order valence-electron chi connectivity index (χ0n) is 14.1. The predicted molar refractivity (Wildman–Crippen MR) is 99.8 cm³/mol. The fourth-order valence-electron chi connectivity index (χ4n) is 4.43. The van der Waals surface area contributed by atoms with Crippen LogP contribution in [0, 0.1) is 0 Å². The quantitative estimate of drug-likeness (QED) is 0.641. The Balaban J connectivity index is 1.68. The van der Waals surface area contributed by atoms with E-state index in [4.69, 9.17) is 0 Å². The minimum absolute atomic E-state index is 0.730. The Labute approximate surface area is 139 Å². The fourth-order valence-corrected chi connectivity index (χ4v) is 4.43. The van der Waals surface area contributed by atoms with E-state index in [1.54, 1.807) is 5.56 Å². The molecule has 0 bridgehead atoms. The van der Waals surface area contributed by atoms with Crippen molar-refractivity contribution >= 4 is 17.3 Å². The SMILES string of the molecule is CC(=Cc1ccc2c(c1)C1CCCCC1N2C)c1ccccc1. The minimum Gasteiger partial charge on any atom is -0.371 e. The number of hydrogen-bond acceptors (Lipinski definition) is 1. The molecule has 2 atom stereocenters. The molecule has 0 N–H and O–H groups in total. The van der Waals surface area contributed by atoms with E-state index in [1.165, 1.54) is 48.1 Å². The topological polar surface area (TPSA) is 3.24 Å². The monoisotopic (exact) mass is 303 g/mol. The molecule has 0 spiro atoms. The summed E-state index contributed by atoms with van der Waals surface area (Å²) >= 11 is 0. The van der Waals surface area contributed by atoms with Crippen LogP contribution < -0.4 is 4.90 Å². The summed E-state index contributed by atoms with van der Waals surface area (Å²) in [4.78, 5) is 2.52. The van der Waals surface area contributed by atoms with Crippen molar-refractivity contribution in [1.29, 1.82) is 0 Å². The summed E-state index contributed by atoms with van der Waals surface area (Å²) in [5.41, 5.74) is 7.01. The maximum Gasteiger partial charge on any atom is 0.0402 e. The van der Waals surface area contributed by atoms with Gasteiger partial charge < -0.3 is 4.90 Å². The molecule has 2 aliphatic rings. The number of anilines is 1. The molecule has 1 saturated carbocycles. The van der Waals surface area contributed by atoms with E-state index < -0.39 is 0 Å². The highest BCUT2D eigenvalue weighted by atomic mass is 15.2. The minimum atomic E-state index is 0.730. The van der Waals surface area contributed by atoms with Gasteiger partial charge in [0.15, 0.2) is 0 Å². The highest BCUT2D eigenvalue weighted by Crippen LogP contribution is 2.47. The molecule has 0 amide bonds. The molecule has 2 aromatic carbocycles. The molecule has 1 fully saturated rings. The highest BCUT2D eigenvalue weighted by molar-refractivity contribution is 5.81. The number of hydrogen-bond donors (Lipinski definition) is 0. The van der Waals surface area contributed by atoms with Gasteiger partial charge in [0.05, 0.1) is 0 Å². The lowest BCUT2D eigenvalue weighted by Gasteiger charge is -2.30. The Kier molecular flexibility index (Phi) is 3.72. The molecule has 1 heterocycles. The van der Waals surface area contributed by atoms with Crippen LogP contribution in [0.15, 0.2) is 48.5 Å². The van der Waals surface area contributed by atoms with Gasteiger partial charge in [0.2, 0.25) is 0 Å². The molecule has 1 heteroatoms. The molecule has 0 aromatic heterocycles. The zero-order valence-corrected chi connectivity index (χ0v) is 14.1. The maximum absolute atomic E-state index is 2.52. The van der Waals surface area contributed by atoms with E-state index in [9.17, 15) is 0 Å². The second-order valence-corrected chi connectivity index (χ2v) is 7.08. The molecule has 0 saturated heterocycles. The molecule has 23 heavy (non-hydrogen) atoms. The van der Waals surface area contributed by atoms with Crippen molar-refractivity contribution in [3.05, 3.63) is 65.2 Å². The normalized spacial score (nSPS) is 23.6. The third-order valence-corrected chi connectivity index (χ3v) is 5.67. The number of allylic oxidation sites excluding steroid dienone is 1. The van der Waals surface area contributed by atoms with Gasteiger partial charge in [-0.1, -0.05) is 55.3 Å². The van der Waals surface area contributed by atoms with Crippen LogP contribution in [0.3, 0.4) is 0 Å². The van der Waals surface area contributed by atoms with Gasteiger partial charge in [0.1, 0.15) is 0 Å². The average Bonchev–Trinajstić information content (AvgIpc) is 2.89. The van der Waals surface area contributed by atoms with E-state index in [2.05, 4.69) is 73.5 Å². The third kappa shape index (κ3) is 2.59. The van der Waals surface area contributed by atoms with Crippen molar-refractivity contribution in [2.24, 2.45) is 0 Å². The lowest BCUT2D eigenvalue weighted by molar-refractivity contribution is 0.396. The van der Waals surface area contributed by atoms with Crippen molar-refractivity contribution in [3.63, 3.8) is 0 Å². The van der Waals surface area contributed by atoms with Gasteiger partial charge in [-0.15, -0.1) is 0 Å². The standard InChI is InChI=1S/C22H25N/c1-16(18-8-4-3-5-9-18)14-17-12-13-22-20(15-17)19-10-6-7-11-21(19)23(22)2/h3-5,8-9,12-15,19,21H,6-7,10-11H2,1-2H3. The molecule has 1 aliphatic carbocycles. The molecule has 4 rings (SSSR count). The summed E-state index contributed by atoms with van der Waals surface area (Å²) in [6.45, 7) is 2.21. The molecule has 0 radical (unpaired) electrons. The van der Waals surface area contributed by atoms with Crippen molar-refractivity contribution < 1.29 is 0 Å². The fraction of sp³-hybridized carbons (Fsp3) is 0.364. The van der Waals surface area contributed by atoms with Crippen LogP contribution >= 0.6 is 0 Å². The summed E-state index contributed by atoms with van der Waals surface area (Å²) in [5.74, 6) is 0.745. The van der Waals surface area contributed by atoms with Gasteiger partial charge in [-0.05, 0) is 54.2 Å². The Morgan fingerprint density at radius 1 is 1.04 bits per heavy atom. The maximum atomic E-state index is 2.52. The van der Waals surface area contributed by atoms with Crippen LogP contribution in [0.5, 0.6) is 0 Å². The van der Waals surface area contributed by atoms with Crippen LogP contribution in [0.4, 0.5) is 5.69 Å². The van der Waals surface area contributed by atoms with E-state index in [1.807, 2.05) is 0 Å². The summed E-state index contributed by atoms with van der Waals surface area (Å²) in [6, 6.07) is 18.4. The summed E-state index contributed by atoms with van der Waals surface area (Å²) in [6.07, 6.45) is 7.81. The largest absolute Gasteiger partial charge is 0.371 e. The molecule has 2 aromatic rings. The molecule has 1 aliphatic heterocycles. The van der Waals surface area contributed by atoms with E-state index in [-0.39, 0.29) is 0 Å². The van der Waals surface area contributed by atoms with Gasteiger partial charge in [0.25, 0.3) is 0 Å². The Morgan fingerprint density at radius 2 is 1.83 bits per heavy atom. The van der Waals surface area contributed by atoms with Crippen LogP contribution in [0.25, 0.3) is 11.6 Å². The van der Waals surface area contributed by atoms with Crippen molar-refractivity contribution in [1.82, 2.24) is 0 Å². The number of rotatable bonds is 2. The Hall–Kier alpha value is -2.02. The first-order valence-corrected chi connectivity index (χ1v) is 8.84. The Bertz CT molecular complexity index is 729. The molecular formula is C22H25N. The van der Waals surface area contributed by atoms with Crippen molar-refractivity contribution in [2.45, 2.75) is 44.6 Å². The lowest BCUT2D eigenvalue weighted by Crippen LogP contribution is -2.32. The van der Waals surface area contributed by atoms with Crippen LogP contribution in [-0.2, 0) is 0 Å². The zero-order chi connectivity index (χ0) is 15.8. The first-order valence-electron chi connectivity index (χ1n) is 8.84. The summed E-state index contributed by atoms with van der Waals surface area (Å²) < 4.78 is 0. The smallest absolute Gasteiger partial charge is 0.0402 e.